The van der Waals surface area contributed by atoms with E-state index in [1.165, 1.54) is 26.3 Å². The monoisotopic (exact) mass is 403 g/mol. The van der Waals surface area contributed by atoms with Gasteiger partial charge < -0.3 is 14.6 Å². The molecule has 2 rings (SSSR count). The Morgan fingerprint density at radius 3 is 2.67 bits per heavy atom. The number of aromatic nitrogens is 1. The first kappa shape index (κ1) is 17.9. The number of pyridine rings is 1. The maximum absolute atomic E-state index is 14.3. The summed E-state index contributed by atoms with van der Waals surface area (Å²) in [5.41, 5.74) is 0.311. The number of hydrogen-bond donors (Lipinski definition) is 2. The fraction of sp³-hybridized carbons (Fsp3) is 0.143. The zero-order chi connectivity index (χ0) is 17.9. The summed E-state index contributed by atoms with van der Waals surface area (Å²) in [6.07, 6.45) is 0.0367. The zero-order valence-corrected chi connectivity index (χ0v) is 14.1. The lowest BCUT2D eigenvalue weighted by Crippen LogP contribution is -2.28. The van der Waals surface area contributed by atoms with Gasteiger partial charge in [-0.2, -0.15) is 9.87 Å². The summed E-state index contributed by atoms with van der Waals surface area (Å²) in [6.45, 7) is 0. The van der Waals surface area contributed by atoms with Crippen LogP contribution in [0.5, 0.6) is 5.75 Å². The second kappa shape index (κ2) is 7.41. The number of benzene rings is 1. The van der Waals surface area contributed by atoms with Gasteiger partial charge in [0.15, 0.2) is 5.75 Å². The van der Waals surface area contributed by atoms with Crippen LogP contribution in [0, 0.1) is 11.6 Å². The summed E-state index contributed by atoms with van der Waals surface area (Å²) in [7, 11) is 2.45. The minimum Gasteiger partial charge on any atom is -0.405 e. The van der Waals surface area contributed by atoms with Gasteiger partial charge in [0.1, 0.15) is 11.5 Å². The van der Waals surface area contributed by atoms with Crippen LogP contribution >= 0.6 is 15.9 Å². The molecule has 128 valence electrons. The molecule has 0 bridgehead atoms. The van der Waals surface area contributed by atoms with Crippen molar-refractivity contribution in [2.75, 3.05) is 12.4 Å². The first-order valence-corrected chi connectivity index (χ1v) is 7.24. The number of carbonyl (C=O) groups excluding carboxylic acids is 1. The van der Waals surface area contributed by atoms with E-state index in [4.69, 9.17) is 4.74 Å². The average Bonchev–Trinajstić information content (AvgIpc) is 2.51. The van der Waals surface area contributed by atoms with Crippen molar-refractivity contribution in [2.45, 2.75) is 0 Å². The number of ether oxygens (including phenoxy) is 1. The largest absolute Gasteiger partial charge is 0.436 e. The van der Waals surface area contributed by atoms with E-state index >= 15 is 0 Å². The van der Waals surface area contributed by atoms with E-state index < -0.39 is 29.0 Å². The number of anilines is 2. The Morgan fingerprint density at radius 2 is 2.04 bits per heavy atom. The quantitative estimate of drug-likeness (QED) is 0.767. The molecular formula is C14H12BrF2N3O4. The molecule has 1 aromatic carbocycles. The van der Waals surface area contributed by atoms with Crippen molar-refractivity contribution in [1.82, 2.24) is 10.0 Å². The van der Waals surface area contributed by atoms with E-state index in [0.717, 1.165) is 16.8 Å². The van der Waals surface area contributed by atoms with Crippen molar-refractivity contribution < 1.29 is 23.1 Å². The molecule has 1 heterocycles. The third-order valence-corrected chi connectivity index (χ3v) is 3.36. The van der Waals surface area contributed by atoms with E-state index in [1.54, 1.807) is 0 Å². The Balaban J connectivity index is 2.48. The van der Waals surface area contributed by atoms with Crippen molar-refractivity contribution in [1.29, 1.82) is 0 Å². The van der Waals surface area contributed by atoms with Gasteiger partial charge >= 0.3 is 6.09 Å². The molecule has 2 N–H and O–H groups in total. The molecule has 1 amide bonds. The summed E-state index contributed by atoms with van der Waals surface area (Å²) >= 11 is 3.10. The van der Waals surface area contributed by atoms with Gasteiger partial charge in [0.2, 0.25) is 5.82 Å². The highest BCUT2D eigenvalue weighted by molar-refractivity contribution is 9.10. The maximum Gasteiger partial charge on any atom is 0.436 e. The number of aryl methyl sites for hydroxylation is 1. The predicted octanol–water partition coefficient (Wildman–Crippen LogP) is 2.82. The van der Waals surface area contributed by atoms with Gasteiger partial charge in [0, 0.05) is 11.5 Å². The number of nitrogens with zero attached hydrogens (tertiary/aromatic N) is 1. The van der Waals surface area contributed by atoms with Gasteiger partial charge in [-0.05, 0) is 18.2 Å². The Hall–Kier alpha value is -2.46. The number of nitrogens with one attached hydrogen (secondary N) is 2. The SMILES string of the molecule is CONC(=O)Oc1cn(C)c(=O)c(F)c1Nc1ccc(Br)cc1F. The van der Waals surface area contributed by atoms with E-state index in [-0.39, 0.29) is 11.4 Å². The first-order chi connectivity index (χ1) is 11.3. The van der Waals surface area contributed by atoms with Gasteiger partial charge in [-0.1, -0.05) is 15.9 Å². The Kier molecular flexibility index (Phi) is 5.52. The lowest BCUT2D eigenvalue weighted by atomic mass is 10.2. The fourth-order valence-electron chi connectivity index (χ4n) is 1.79. The van der Waals surface area contributed by atoms with Crippen LogP contribution in [-0.4, -0.2) is 17.8 Å². The molecule has 0 spiro atoms. The van der Waals surface area contributed by atoms with Crippen molar-refractivity contribution in [3.63, 3.8) is 0 Å². The molecule has 0 aliphatic heterocycles. The molecule has 0 radical (unpaired) electrons. The smallest absolute Gasteiger partial charge is 0.405 e. The molecular weight excluding hydrogens is 392 g/mol. The van der Waals surface area contributed by atoms with Gasteiger partial charge in [-0.15, -0.1) is 0 Å². The molecule has 0 aliphatic carbocycles. The summed E-state index contributed by atoms with van der Waals surface area (Å²) in [5, 5.41) is 2.42. The molecule has 7 nitrogen and oxygen atoms in total. The second-order valence-corrected chi connectivity index (χ2v) is 5.46. The number of halogens is 3. The molecule has 24 heavy (non-hydrogen) atoms. The number of amides is 1. The molecule has 0 unspecified atom stereocenters. The predicted molar refractivity (Wildman–Crippen MR) is 85.2 cm³/mol. The molecule has 10 heteroatoms. The highest BCUT2D eigenvalue weighted by Crippen LogP contribution is 2.30. The number of rotatable bonds is 4. The molecule has 0 saturated heterocycles. The van der Waals surface area contributed by atoms with Crippen molar-refractivity contribution in [3.8, 4) is 5.75 Å². The maximum atomic E-state index is 14.3. The molecule has 0 atom stereocenters. The van der Waals surface area contributed by atoms with Gasteiger partial charge in [-0.25, -0.2) is 9.18 Å². The molecule has 1 aromatic heterocycles. The van der Waals surface area contributed by atoms with E-state index in [2.05, 4.69) is 26.1 Å². The standard InChI is InChI=1S/C14H12BrF2N3O4/c1-20-6-10(24-14(22)19-23-2)12(11(17)13(20)21)18-9-4-3-7(15)5-8(9)16/h3-6,18H,1-2H3,(H,19,22). The second-order valence-electron chi connectivity index (χ2n) is 4.54. The minimum atomic E-state index is -1.23. The van der Waals surface area contributed by atoms with E-state index in [0.29, 0.717) is 4.47 Å². The summed E-state index contributed by atoms with van der Waals surface area (Å²) in [6, 6.07) is 4.00. The summed E-state index contributed by atoms with van der Waals surface area (Å²) in [4.78, 5) is 27.6. The van der Waals surface area contributed by atoms with E-state index in [1.807, 2.05) is 5.48 Å². The molecule has 0 fully saturated rings. The normalized spacial score (nSPS) is 10.4. The third-order valence-electron chi connectivity index (χ3n) is 2.86. The van der Waals surface area contributed by atoms with Crippen molar-refractivity contribution in [2.24, 2.45) is 7.05 Å². The van der Waals surface area contributed by atoms with Crippen LogP contribution < -0.4 is 21.1 Å². The van der Waals surface area contributed by atoms with Gasteiger partial charge in [-0.3, -0.25) is 9.63 Å². The van der Waals surface area contributed by atoms with Crippen LogP contribution in [0.2, 0.25) is 0 Å². The topological polar surface area (TPSA) is 81.6 Å². The lowest BCUT2D eigenvalue weighted by Gasteiger charge is -2.14. The van der Waals surface area contributed by atoms with Gasteiger partial charge in [0.05, 0.1) is 19.0 Å². The molecule has 0 saturated carbocycles. The molecule has 0 aliphatic rings. The lowest BCUT2D eigenvalue weighted by molar-refractivity contribution is 0.0845. The Labute approximate surface area is 143 Å². The van der Waals surface area contributed by atoms with Crippen molar-refractivity contribution >= 4 is 33.4 Å². The highest BCUT2D eigenvalue weighted by Gasteiger charge is 2.19. The third kappa shape index (κ3) is 3.89. The van der Waals surface area contributed by atoms with Gasteiger partial charge in [0.25, 0.3) is 5.56 Å². The highest BCUT2D eigenvalue weighted by atomic mass is 79.9. The Morgan fingerprint density at radius 1 is 1.33 bits per heavy atom. The van der Waals surface area contributed by atoms with Crippen LogP contribution in [0.1, 0.15) is 0 Å². The van der Waals surface area contributed by atoms with Crippen LogP contribution in [0.25, 0.3) is 0 Å². The van der Waals surface area contributed by atoms with Crippen LogP contribution in [0.4, 0.5) is 25.0 Å². The van der Waals surface area contributed by atoms with Crippen molar-refractivity contribution in [3.05, 3.63) is 50.9 Å². The van der Waals surface area contributed by atoms with Crippen LogP contribution in [0.15, 0.2) is 33.7 Å². The summed E-state index contributed by atoms with van der Waals surface area (Å²) < 4.78 is 34.4. The fourth-order valence-corrected chi connectivity index (χ4v) is 2.13. The Bertz CT molecular complexity index is 841. The van der Waals surface area contributed by atoms with Crippen LogP contribution in [-0.2, 0) is 11.9 Å². The number of carbonyl (C=O) groups is 1. The first-order valence-electron chi connectivity index (χ1n) is 6.45. The minimum absolute atomic E-state index is 0.109. The van der Waals surface area contributed by atoms with E-state index in [9.17, 15) is 18.4 Å². The average molecular weight is 404 g/mol. The molecule has 2 aromatic rings. The summed E-state index contributed by atoms with van der Waals surface area (Å²) in [5.74, 6) is -2.26. The zero-order valence-electron chi connectivity index (χ0n) is 12.5. The van der Waals surface area contributed by atoms with Crippen LogP contribution in [0.3, 0.4) is 0 Å². The number of hydroxylamine groups is 1. The number of hydrogen-bond acceptors (Lipinski definition) is 5.